The molecule has 0 radical (unpaired) electrons. The molecule has 0 bridgehead atoms. The lowest BCUT2D eigenvalue weighted by Crippen LogP contribution is -2.52. The molecule has 3 heterocycles. The van der Waals surface area contributed by atoms with Crippen molar-refractivity contribution in [1.29, 1.82) is 0 Å². The van der Waals surface area contributed by atoms with Crippen LogP contribution in [0, 0.1) is 0 Å². The van der Waals surface area contributed by atoms with Crippen LogP contribution in [0.15, 0.2) is 42.4 Å². The van der Waals surface area contributed by atoms with Gasteiger partial charge in [0.2, 0.25) is 17.7 Å². The fourth-order valence-electron chi connectivity index (χ4n) is 4.05. The number of hydrogen-bond donors (Lipinski definition) is 1. The lowest BCUT2D eigenvalue weighted by atomic mass is 10.0. The predicted octanol–water partition coefficient (Wildman–Crippen LogP) is 1.39. The summed E-state index contributed by atoms with van der Waals surface area (Å²) < 4.78 is 61.7. The monoisotopic (exact) mass is 469 g/mol. The maximum absolute atomic E-state index is 13.1. The molecule has 0 spiro atoms. The molecule has 1 unspecified atom stereocenters. The summed E-state index contributed by atoms with van der Waals surface area (Å²) in [6.07, 6.45) is 0.240. The van der Waals surface area contributed by atoms with E-state index in [4.69, 9.17) is 17.7 Å². The zero-order valence-corrected chi connectivity index (χ0v) is 18.1. The Kier molecular flexibility index (Phi) is 4.36. The van der Waals surface area contributed by atoms with Crippen molar-refractivity contribution in [3.05, 3.63) is 64.7 Å². The van der Waals surface area contributed by atoms with Gasteiger partial charge in [-0.25, -0.2) is 0 Å². The molecule has 4 amide bonds. The van der Waals surface area contributed by atoms with E-state index in [1.54, 1.807) is 0 Å². The van der Waals surface area contributed by atoms with E-state index >= 15 is 0 Å². The first-order valence-electron chi connectivity index (χ1n) is 13.8. The molecule has 5 rings (SSSR count). The van der Waals surface area contributed by atoms with Gasteiger partial charge in [0.25, 0.3) is 5.91 Å². The number of hydrogen-bond acceptors (Lipinski definition) is 6. The molecule has 3 aliphatic rings. The van der Waals surface area contributed by atoms with Crippen LogP contribution < -0.4 is 10.1 Å². The molecule has 0 saturated carbocycles. The fourth-order valence-corrected chi connectivity index (χ4v) is 4.05. The van der Waals surface area contributed by atoms with Crippen LogP contribution in [-0.4, -0.2) is 59.2 Å². The second kappa shape index (κ2) is 9.26. The molecule has 1 N–H and O–H groups in total. The molecule has 9 nitrogen and oxygen atoms in total. The number of nitrogens with zero attached hydrogens (tertiary/aromatic N) is 2. The van der Waals surface area contributed by atoms with Crippen molar-refractivity contribution in [2.24, 2.45) is 0 Å². The summed E-state index contributed by atoms with van der Waals surface area (Å²) >= 11 is 0. The Morgan fingerprint density at radius 1 is 1.15 bits per heavy atom. The van der Waals surface area contributed by atoms with E-state index in [9.17, 15) is 19.2 Å². The Morgan fingerprint density at radius 3 is 2.79 bits per heavy atom. The van der Waals surface area contributed by atoms with Gasteiger partial charge >= 0.3 is 0 Å². The molecule has 1 atom stereocenters. The van der Waals surface area contributed by atoms with Crippen molar-refractivity contribution in [1.82, 2.24) is 15.1 Å². The quantitative estimate of drug-likeness (QED) is 0.641. The van der Waals surface area contributed by atoms with Crippen LogP contribution in [0.25, 0.3) is 0 Å². The summed E-state index contributed by atoms with van der Waals surface area (Å²) in [5, 5.41) is 2.22. The van der Waals surface area contributed by atoms with Crippen LogP contribution in [0.1, 0.15) is 48.1 Å². The molecule has 2 saturated heterocycles. The maximum atomic E-state index is 13.1. The van der Waals surface area contributed by atoms with Gasteiger partial charge < -0.3 is 19.3 Å². The zero-order valence-electron chi connectivity index (χ0n) is 24.1. The van der Waals surface area contributed by atoms with E-state index in [1.165, 1.54) is 23.1 Å². The zero-order chi connectivity index (χ0) is 29.0. The number of carbonyl (C=O) groups excluding carboxylic acids is 4. The average Bonchev–Trinajstić information content (AvgIpc) is 3.22. The first-order valence-corrected chi connectivity index (χ1v) is 10.8. The number of benzene rings is 2. The number of imide groups is 1. The van der Waals surface area contributed by atoms with Gasteiger partial charge in [0.1, 0.15) is 25.0 Å². The minimum atomic E-state index is -2.67. The van der Waals surface area contributed by atoms with Gasteiger partial charge in [-0.15, -0.1) is 0 Å². The third kappa shape index (κ3) is 4.38. The highest BCUT2D eigenvalue weighted by molar-refractivity contribution is 6.05. The topological polar surface area (TPSA) is 105 Å². The number of ether oxygens (including phenoxy) is 2. The number of piperidine rings is 1. The van der Waals surface area contributed by atoms with Gasteiger partial charge in [-0.05, 0) is 29.7 Å². The lowest BCUT2D eigenvalue weighted by Gasteiger charge is -2.29. The minimum absolute atomic E-state index is 0.00473. The van der Waals surface area contributed by atoms with Crippen LogP contribution in [0.5, 0.6) is 5.75 Å². The van der Waals surface area contributed by atoms with Gasteiger partial charge in [0.15, 0.2) is 0 Å². The third-order valence-corrected chi connectivity index (χ3v) is 5.80. The molecule has 34 heavy (non-hydrogen) atoms. The minimum Gasteiger partial charge on any atom is -0.489 e. The number of carbonyl (C=O) groups is 4. The van der Waals surface area contributed by atoms with Gasteiger partial charge in [-0.3, -0.25) is 24.5 Å². The van der Waals surface area contributed by atoms with Gasteiger partial charge in [0, 0.05) is 30.6 Å². The van der Waals surface area contributed by atoms with E-state index in [0.717, 1.165) is 17.0 Å². The van der Waals surface area contributed by atoms with Gasteiger partial charge in [-0.2, -0.15) is 0 Å². The second-order valence-corrected chi connectivity index (χ2v) is 8.01. The first-order chi connectivity index (χ1) is 18.8. The summed E-state index contributed by atoms with van der Waals surface area (Å²) in [6, 6.07) is 4.66. The summed E-state index contributed by atoms with van der Waals surface area (Å²) in [4.78, 5) is 51.4. The largest absolute Gasteiger partial charge is 0.489 e. The van der Waals surface area contributed by atoms with Crippen molar-refractivity contribution in [2.45, 2.75) is 38.5 Å². The maximum Gasteiger partial charge on any atom is 0.255 e. The van der Waals surface area contributed by atoms with E-state index in [-0.39, 0.29) is 61.6 Å². The molecule has 2 aromatic carbocycles. The highest BCUT2D eigenvalue weighted by atomic mass is 16.5. The second-order valence-electron chi connectivity index (χ2n) is 8.01. The van der Waals surface area contributed by atoms with Crippen molar-refractivity contribution >= 4 is 23.6 Å². The Bertz CT molecular complexity index is 1430. The van der Waals surface area contributed by atoms with Crippen LogP contribution in [0.3, 0.4) is 0 Å². The predicted molar refractivity (Wildman–Crippen MR) is 119 cm³/mol. The molecular weight excluding hydrogens is 438 g/mol. The Hall–Kier alpha value is -3.72. The van der Waals surface area contributed by atoms with Gasteiger partial charge in [0.05, 0.1) is 21.4 Å². The van der Waals surface area contributed by atoms with Crippen molar-refractivity contribution < 1.29 is 36.9 Å². The SMILES string of the molecule is [2H]c1c(C([2H])([2H])Oc2cccc3c2CN(C2CCC(=O)NC2=O)C3=O)ccc(C([2H])([2H])N2CCOCC2=O)c1[2H]. The fraction of sp³-hybridized carbons (Fsp3) is 0.360. The number of rotatable bonds is 6. The van der Waals surface area contributed by atoms with E-state index in [1.807, 2.05) is 0 Å². The molecule has 0 aliphatic carbocycles. The highest BCUT2D eigenvalue weighted by Crippen LogP contribution is 2.34. The number of fused-ring (bicyclic) bond motifs is 1. The highest BCUT2D eigenvalue weighted by Gasteiger charge is 2.40. The molecule has 2 aromatic rings. The number of nitrogens with one attached hydrogen (secondary N) is 1. The summed E-state index contributed by atoms with van der Waals surface area (Å²) in [7, 11) is 0. The van der Waals surface area contributed by atoms with Crippen molar-refractivity contribution in [2.75, 3.05) is 19.8 Å². The number of morpholine rings is 1. The number of amides is 4. The normalized spacial score (nSPS) is 23.8. The van der Waals surface area contributed by atoms with E-state index in [0.29, 0.717) is 5.56 Å². The van der Waals surface area contributed by atoms with Crippen LogP contribution in [0.4, 0.5) is 0 Å². The average molecular weight is 470 g/mol. The summed E-state index contributed by atoms with van der Waals surface area (Å²) in [5.41, 5.74) is -0.0887. The molecular formula is C25H25N3O6. The van der Waals surface area contributed by atoms with E-state index in [2.05, 4.69) is 5.32 Å². The molecule has 2 fully saturated rings. The van der Waals surface area contributed by atoms with Crippen molar-refractivity contribution in [3.63, 3.8) is 0 Å². The Balaban J connectivity index is 1.42. The summed E-state index contributed by atoms with van der Waals surface area (Å²) in [5.74, 6) is -2.08. The van der Waals surface area contributed by atoms with Crippen LogP contribution in [0.2, 0.25) is 0 Å². The van der Waals surface area contributed by atoms with Crippen molar-refractivity contribution in [3.8, 4) is 5.75 Å². The molecule has 3 aliphatic heterocycles. The lowest BCUT2D eigenvalue weighted by molar-refractivity contribution is -0.143. The Morgan fingerprint density at radius 2 is 1.97 bits per heavy atom. The molecule has 176 valence electrons. The molecule has 9 heteroatoms. The van der Waals surface area contributed by atoms with Gasteiger partial charge in [-0.1, -0.05) is 30.3 Å². The Labute approximate surface area is 205 Å². The third-order valence-electron chi connectivity index (χ3n) is 5.80. The molecule has 0 aromatic heterocycles. The smallest absolute Gasteiger partial charge is 0.255 e. The standard InChI is InChI=1S/C25H25N3O6/c29-22-9-8-20(24(31)26-22)28-13-19-18(25(28)32)2-1-3-21(19)34-14-17-6-4-16(5-7-17)12-27-10-11-33-15-23(27)30/h1-7,20H,8-15H2,(H,26,29,31)/i4D,6D,12D2,14D2. The first kappa shape index (κ1) is 16.0. The van der Waals surface area contributed by atoms with Crippen LogP contribution >= 0.6 is 0 Å². The van der Waals surface area contributed by atoms with Crippen LogP contribution in [-0.2, 0) is 38.7 Å². The summed E-state index contributed by atoms with van der Waals surface area (Å²) in [6.45, 7) is -5.40. The van der Waals surface area contributed by atoms with E-state index < -0.39 is 54.8 Å².